The first kappa shape index (κ1) is 31.3. The molecule has 4 aromatic rings. The Balaban J connectivity index is 1.15. The van der Waals surface area contributed by atoms with Crippen LogP contribution in [0.1, 0.15) is 58.9 Å². The zero-order valence-electron chi connectivity index (χ0n) is 25.6. The van der Waals surface area contributed by atoms with Gasteiger partial charge in [-0.2, -0.15) is 0 Å². The third-order valence-corrected chi connectivity index (χ3v) is 8.59. The fourth-order valence-corrected chi connectivity index (χ4v) is 5.91. The Kier molecular flexibility index (Phi) is 9.33. The van der Waals surface area contributed by atoms with Gasteiger partial charge in [-0.05, 0) is 72.9 Å². The molecule has 1 fully saturated rings. The Morgan fingerprint density at radius 1 is 0.826 bits per heavy atom. The number of nitrogens with zero attached hydrogens (tertiary/aromatic N) is 1. The van der Waals surface area contributed by atoms with Crippen LogP contribution in [-0.4, -0.2) is 61.8 Å². The Morgan fingerprint density at radius 3 is 2.35 bits per heavy atom. The highest BCUT2D eigenvalue weighted by molar-refractivity contribution is 6.12. The summed E-state index contributed by atoms with van der Waals surface area (Å²) in [5.74, 6) is -2.26. The van der Waals surface area contributed by atoms with Crippen molar-refractivity contribution in [2.45, 2.75) is 26.2 Å². The molecule has 0 saturated carbocycles. The molecular formula is C37H35F2N3O4. The van der Waals surface area contributed by atoms with Crippen LogP contribution in [0.2, 0.25) is 0 Å². The number of morpholine rings is 1. The lowest BCUT2D eigenvalue weighted by Crippen LogP contribution is -2.41. The van der Waals surface area contributed by atoms with E-state index in [0.29, 0.717) is 60.5 Å². The highest BCUT2D eigenvalue weighted by atomic mass is 19.1. The van der Waals surface area contributed by atoms with E-state index in [4.69, 9.17) is 4.74 Å². The normalized spacial score (nSPS) is 14.6. The minimum atomic E-state index is -0.793. The number of nitrogens with one attached hydrogen (secondary N) is 2. The molecule has 1 saturated heterocycles. The van der Waals surface area contributed by atoms with E-state index in [1.165, 1.54) is 6.07 Å². The fourth-order valence-electron chi connectivity index (χ4n) is 5.91. The smallest absolute Gasteiger partial charge is 0.251 e. The number of ketones is 2. The van der Waals surface area contributed by atoms with E-state index in [1.54, 1.807) is 42.5 Å². The van der Waals surface area contributed by atoms with Crippen molar-refractivity contribution < 1.29 is 27.9 Å². The molecule has 236 valence electrons. The summed E-state index contributed by atoms with van der Waals surface area (Å²) in [6.45, 7) is 6.22. The summed E-state index contributed by atoms with van der Waals surface area (Å²) in [6, 6.07) is 19.5. The van der Waals surface area contributed by atoms with Crippen molar-refractivity contribution in [1.82, 2.24) is 10.2 Å². The second-order valence-corrected chi connectivity index (χ2v) is 11.8. The van der Waals surface area contributed by atoms with E-state index in [-0.39, 0.29) is 35.1 Å². The SMILES string of the molecule is Cc1ccc(C(=O)Cc2cc(Nc3ccc4c(c3)CCc3ccc(C(=O)NCCN5CCOCC5)cc3C4=O)c(F)cc2F)cc1. The summed E-state index contributed by atoms with van der Waals surface area (Å²) in [4.78, 5) is 41.6. The molecule has 9 heteroatoms. The van der Waals surface area contributed by atoms with Crippen molar-refractivity contribution in [3.63, 3.8) is 0 Å². The lowest BCUT2D eigenvalue weighted by atomic mass is 9.96. The van der Waals surface area contributed by atoms with E-state index < -0.39 is 11.6 Å². The predicted molar refractivity (Wildman–Crippen MR) is 172 cm³/mol. The van der Waals surface area contributed by atoms with Gasteiger partial charge in [-0.25, -0.2) is 8.78 Å². The molecule has 7 nitrogen and oxygen atoms in total. The topological polar surface area (TPSA) is 87.7 Å². The summed E-state index contributed by atoms with van der Waals surface area (Å²) < 4.78 is 34.9. The van der Waals surface area contributed by atoms with Gasteiger partial charge >= 0.3 is 0 Å². The molecule has 46 heavy (non-hydrogen) atoms. The molecule has 0 unspecified atom stereocenters. The molecule has 2 N–H and O–H groups in total. The number of anilines is 2. The molecule has 6 rings (SSSR count). The number of benzene rings is 4. The van der Waals surface area contributed by atoms with Crippen LogP contribution in [0.25, 0.3) is 0 Å². The van der Waals surface area contributed by atoms with Gasteiger partial charge in [0.05, 0.1) is 18.9 Å². The van der Waals surface area contributed by atoms with Crippen LogP contribution in [0.5, 0.6) is 0 Å². The summed E-state index contributed by atoms with van der Waals surface area (Å²) in [7, 11) is 0. The largest absolute Gasteiger partial charge is 0.379 e. The number of hydrogen-bond acceptors (Lipinski definition) is 6. The van der Waals surface area contributed by atoms with Gasteiger partial charge in [0.25, 0.3) is 5.91 Å². The Morgan fingerprint density at radius 2 is 1.57 bits per heavy atom. The molecule has 0 radical (unpaired) electrons. The summed E-state index contributed by atoms with van der Waals surface area (Å²) >= 11 is 0. The summed E-state index contributed by atoms with van der Waals surface area (Å²) in [5.41, 5.74) is 5.16. The van der Waals surface area contributed by atoms with Gasteiger partial charge in [-0.1, -0.05) is 35.9 Å². The number of halogens is 2. The standard InChI is InChI=1S/C37H35F2N3O4/c1-23-2-4-25(5-3-23)35(43)21-28-20-34(33(39)22-32(28)38)41-29-10-11-30-26(18-29)8-6-24-7-9-27(19-31(24)36(30)44)37(45)40-12-13-42-14-16-46-17-15-42/h2-5,7,9-11,18-20,22,41H,6,8,12-17,21H2,1H3,(H,40,45). The maximum atomic E-state index is 14.9. The van der Waals surface area contributed by atoms with E-state index >= 15 is 0 Å². The zero-order chi connectivity index (χ0) is 32.2. The van der Waals surface area contributed by atoms with Gasteiger partial charge in [-0.15, -0.1) is 0 Å². The molecule has 0 aromatic heterocycles. The van der Waals surface area contributed by atoms with Crippen LogP contribution in [0.4, 0.5) is 20.2 Å². The number of carbonyl (C=O) groups is 3. The number of rotatable bonds is 9. The molecule has 1 heterocycles. The number of ether oxygens (including phenoxy) is 1. The lowest BCUT2D eigenvalue weighted by molar-refractivity contribution is 0.0383. The average Bonchev–Trinajstić information content (AvgIpc) is 3.19. The molecule has 0 bridgehead atoms. The zero-order valence-corrected chi connectivity index (χ0v) is 25.6. The molecule has 0 atom stereocenters. The summed E-state index contributed by atoms with van der Waals surface area (Å²) in [5, 5.41) is 5.96. The average molecular weight is 624 g/mol. The van der Waals surface area contributed by atoms with Crippen LogP contribution in [0, 0.1) is 18.6 Å². The van der Waals surface area contributed by atoms with Crippen molar-refractivity contribution in [2.75, 3.05) is 44.7 Å². The molecule has 1 aliphatic carbocycles. The first-order valence-electron chi connectivity index (χ1n) is 15.5. The highest BCUT2D eigenvalue weighted by Crippen LogP contribution is 2.30. The molecule has 2 aliphatic rings. The van der Waals surface area contributed by atoms with Gasteiger partial charge in [0.1, 0.15) is 11.6 Å². The van der Waals surface area contributed by atoms with Gasteiger partial charge in [0.2, 0.25) is 0 Å². The third kappa shape index (κ3) is 7.06. The van der Waals surface area contributed by atoms with E-state index in [2.05, 4.69) is 15.5 Å². The molecule has 0 spiro atoms. The number of amides is 1. The first-order valence-corrected chi connectivity index (χ1v) is 15.5. The van der Waals surface area contributed by atoms with E-state index in [0.717, 1.165) is 42.4 Å². The maximum absolute atomic E-state index is 14.9. The second-order valence-electron chi connectivity index (χ2n) is 11.8. The monoisotopic (exact) mass is 623 g/mol. The number of carbonyl (C=O) groups excluding carboxylic acids is 3. The maximum Gasteiger partial charge on any atom is 0.251 e. The quantitative estimate of drug-likeness (QED) is 0.228. The number of Topliss-reactive ketones (excluding diaryl/α,β-unsaturated/α-hetero) is 1. The van der Waals surface area contributed by atoms with Crippen LogP contribution in [0.15, 0.2) is 72.8 Å². The predicted octanol–water partition coefficient (Wildman–Crippen LogP) is 5.83. The van der Waals surface area contributed by atoms with Crippen molar-refractivity contribution in [1.29, 1.82) is 0 Å². The Labute approximate surface area is 266 Å². The fraction of sp³-hybridized carbons (Fsp3) is 0.270. The highest BCUT2D eigenvalue weighted by Gasteiger charge is 2.23. The molecular weight excluding hydrogens is 588 g/mol. The van der Waals surface area contributed by atoms with Crippen molar-refractivity contribution in [3.05, 3.63) is 129 Å². The minimum absolute atomic E-state index is 0.0283. The van der Waals surface area contributed by atoms with Gasteiger partial charge in [0.15, 0.2) is 11.6 Å². The first-order chi connectivity index (χ1) is 22.2. The van der Waals surface area contributed by atoms with Gasteiger partial charge in [-0.3, -0.25) is 19.3 Å². The van der Waals surface area contributed by atoms with E-state index in [1.807, 2.05) is 25.1 Å². The minimum Gasteiger partial charge on any atom is -0.379 e. The van der Waals surface area contributed by atoms with E-state index in [9.17, 15) is 23.2 Å². The molecule has 4 aromatic carbocycles. The number of hydrogen-bond donors (Lipinski definition) is 2. The molecule has 1 amide bonds. The van der Waals surface area contributed by atoms with Crippen molar-refractivity contribution in [3.8, 4) is 0 Å². The Bertz CT molecular complexity index is 1800. The van der Waals surface area contributed by atoms with Gasteiger partial charge < -0.3 is 15.4 Å². The lowest BCUT2D eigenvalue weighted by Gasteiger charge is -2.26. The molecule has 1 aliphatic heterocycles. The van der Waals surface area contributed by atoms with Crippen molar-refractivity contribution in [2.24, 2.45) is 0 Å². The van der Waals surface area contributed by atoms with Crippen LogP contribution in [0.3, 0.4) is 0 Å². The second kappa shape index (κ2) is 13.7. The van der Waals surface area contributed by atoms with Crippen LogP contribution < -0.4 is 10.6 Å². The third-order valence-electron chi connectivity index (χ3n) is 8.59. The van der Waals surface area contributed by atoms with Gasteiger partial charge in [0, 0.05) is 66.6 Å². The van der Waals surface area contributed by atoms with Crippen LogP contribution in [-0.2, 0) is 24.0 Å². The number of aryl methyl sites for hydroxylation is 3. The van der Waals surface area contributed by atoms with Crippen molar-refractivity contribution >= 4 is 28.8 Å². The Hall–Kier alpha value is -4.73. The van der Waals surface area contributed by atoms with Crippen LogP contribution >= 0.6 is 0 Å². The summed E-state index contributed by atoms with van der Waals surface area (Å²) in [6.07, 6.45) is 0.943. The number of fused-ring (bicyclic) bond motifs is 2.